The second-order valence-electron chi connectivity index (χ2n) is 5.78. The highest BCUT2D eigenvalue weighted by Crippen LogP contribution is 1.99. The van der Waals surface area contributed by atoms with E-state index < -0.39 is 0 Å². The fraction of sp³-hybridized carbons (Fsp3) is 0.769. The van der Waals surface area contributed by atoms with Crippen LogP contribution in [0.4, 0.5) is 0 Å². The molecule has 1 rings (SSSR count). The first kappa shape index (κ1) is 16.6. The van der Waals surface area contributed by atoms with Crippen molar-refractivity contribution in [1.29, 1.82) is 0 Å². The maximum atomic E-state index is 11.6. The molecule has 0 aliphatic carbocycles. The minimum Gasteiger partial charge on any atom is -0.396 e. The van der Waals surface area contributed by atoms with Crippen molar-refractivity contribution in [2.75, 3.05) is 13.2 Å². The molecule has 1 heterocycles. The minimum absolute atomic E-state index is 0.0385. The maximum absolute atomic E-state index is 11.6. The van der Waals surface area contributed by atoms with Gasteiger partial charge in [0.05, 0.1) is 5.69 Å². The van der Waals surface area contributed by atoms with Crippen molar-refractivity contribution in [1.82, 2.24) is 25.6 Å². The lowest BCUT2D eigenvalue weighted by Gasteiger charge is -2.20. The van der Waals surface area contributed by atoms with Gasteiger partial charge in [0.2, 0.25) is 5.91 Å². The molecular weight excluding hydrogens is 258 g/mol. The van der Waals surface area contributed by atoms with Gasteiger partial charge in [0.15, 0.2) is 0 Å². The lowest BCUT2D eigenvalue weighted by molar-refractivity contribution is -0.122. The van der Waals surface area contributed by atoms with Crippen LogP contribution in [0.15, 0.2) is 6.20 Å². The molecule has 0 saturated heterocycles. The van der Waals surface area contributed by atoms with E-state index in [-0.39, 0.29) is 18.1 Å². The molecule has 3 N–H and O–H groups in total. The predicted octanol–water partition coefficient (Wildman–Crippen LogP) is 0.0549. The molecule has 0 aromatic carbocycles. The van der Waals surface area contributed by atoms with Crippen molar-refractivity contribution >= 4 is 5.91 Å². The van der Waals surface area contributed by atoms with E-state index in [0.717, 1.165) is 5.69 Å². The molecule has 0 fully saturated rings. The van der Waals surface area contributed by atoms with Gasteiger partial charge in [-0.05, 0) is 27.2 Å². The summed E-state index contributed by atoms with van der Waals surface area (Å²) in [5, 5.41) is 22.8. The summed E-state index contributed by atoms with van der Waals surface area (Å²) in [5.41, 5.74) is 0.645. The van der Waals surface area contributed by atoms with Gasteiger partial charge in [-0.1, -0.05) is 5.21 Å². The normalized spacial score (nSPS) is 11.6. The molecule has 0 spiro atoms. The van der Waals surface area contributed by atoms with Gasteiger partial charge in [0.1, 0.15) is 0 Å². The third-order valence-electron chi connectivity index (χ3n) is 2.48. The van der Waals surface area contributed by atoms with E-state index in [2.05, 4.69) is 20.9 Å². The summed E-state index contributed by atoms with van der Waals surface area (Å²) >= 11 is 0. The summed E-state index contributed by atoms with van der Waals surface area (Å²) in [6, 6.07) is 0. The van der Waals surface area contributed by atoms with Gasteiger partial charge in [0, 0.05) is 44.4 Å². The third kappa shape index (κ3) is 7.20. The maximum Gasteiger partial charge on any atom is 0.221 e. The van der Waals surface area contributed by atoms with Gasteiger partial charge in [-0.2, -0.15) is 0 Å². The van der Waals surface area contributed by atoms with Gasteiger partial charge in [-0.25, -0.2) is 0 Å². The van der Waals surface area contributed by atoms with Crippen molar-refractivity contribution in [2.45, 2.75) is 52.2 Å². The number of nitrogens with one attached hydrogen (secondary N) is 2. The number of aliphatic hydroxyl groups excluding tert-OH is 1. The van der Waals surface area contributed by atoms with Gasteiger partial charge in [0.25, 0.3) is 0 Å². The zero-order valence-corrected chi connectivity index (χ0v) is 12.5. The Kier molecular flexibility index (Phi) is 6.60. The molecule has 0 saturated carbocycles. The minimum atomic E-state index is -0.188. The number of hydrogen-bond acceptors (Lipinski definition) is 5. The van der Waals surface area contributed by atoms with Crippen molar-refractivity contribution in [3.8, 4) is 0 Å². The number of amides is 1. The molecule has 1 amide bonds. The molecule has 1 aromatic heterocycles. The van der Waals surface area contributed by atoms with E-state index in [9.17, 15) is 4.79 Å². The van der Waals surface area contributed by atoms with E-state index in [4.69, 9.17) is 5.11 Å². The molecule has 0 radical (unpaired) electrons. The average molecular weight is 283 g/mol. The number of nitrogens with zero attached hydrogens (tertiary/aromatic N) is 3. The molecule has 1 aromatic rings. The topological polar surface area (TPSA) is 92.1 Å². The summed E-state index contributed by atoms with van der Waals surface area (Å²) in [7, 11) is 0. The zero-order chi connectivity index (χ0) is 15.0. The fourth-order valence-electron chi connectivity index (χ4n) is 1.66. The monoisotopic (exact) mass is 283 g/mol. The largest absolute Gasteiger partial charge is 0.396 e. The third-order valence-corrected chi connectivity index (χ3v) is 2.48. The highest BCUT2D eigenvalue weighted by molar-refractivity contribution is 5.76. The van der Waals surface area contributed by atoms with Crippen molar-refractivity contribution in [3.05, 3.63) is 11.9 Å². The van der Waals surface area contributed by atoms with Crippen molar-refractivity contribution in [3.63, 3.8) is 0 Å². The molecular formula is C13H25N5O2. The highest BCUT2D eigenvalue weighted by atomic mass is 16.3. The second-order valence-corrected chi connectivity index (χ2v) is 5.78. The van der Waals surface area contributed by atoms with Gasteiger partial charge in [-0.15, -0.1) is 5.10 Å². The summed E-state index contributed by atoms with van der Waals surface area (Å²) in [5.74, 6) is 0.0385. The number of aromatic nitrogens is 3. The van der Waals surface area contributed by atoms with Gasteiger partial charge in [-0.3, -0.25) is 9.48 Å². The Morgan fingerprint density at radius 2 is 2.20 bits per heavy atom. The number of aryl methyl sites for hydroxylation is 1. The first-order valence-corrected chi connectivity index (χ1v) is 6.92. The number of aliphatic hydroxyl groups is 1. The SMILES string of the molecule is CC(C)(C)NC(=O)CCNCc1cn(CCCO)nn1. The molecule has 20 heavy (non-hydrogen) atoms. The molecule has 0 bridgehead atoms. The summed E-state index contributed by atoms with van der Waals surface area (Å²) in [6.45, 7) is 7.89. The van der Waals surface area contributed by atoms with Crippen LogP contribution in [0.3, 0.4) is 0 Å². The molecule has 114 valence electrons. The molecule has 0 aliphatic rings. The van der Waals surface area contributed by atoms with E-state index in [1.165, 1.54) is 0 Å². The average Bonchev–Trinajstić information content (AvgIpc) is 2.78. The van der Waals surface area contributed by atoms with Crippen LogP contribution in [0.5, 0.6) is 0 Å². The molecule has 0 aliphatic heterocycles. The van der Waals surface area contributed by atoms with Gasteiger partial charge >= 0.3 is 0 Å². The van der Waals surface area contributed by atoms with Crippen LogP contribution in [0, 0.1) is 0 Å². The van der Waals surface area contributed by atoms with Crippen LogP contribution in [0.2, 0.25) is 0 Å². The van der Waals surface area contributed by atoms with Crippen LogP contribution in [0.1, 0.15) is 39.3 Å². The smallest absolute Gasteiger partial charge is 0.221 e. The Balaban J connectivity index is 2.18. The lowest BCUT2D eigenvalue weighted by atomic mass is 10.1. The van der Waals surface area contributed by atoms with Crippen LogP contribution >= 0.6 is 0 Å². The van der Waals surface area contributed by atoms with E-state index in [1.807, 2.05) is 27.0 Å². The predicted molar refractivity (Wildman–Crippen MR) is 75.9 cm³/mol. The van der Waals surface area contributed by atoms with Crippen LogP contribution < -0.4 is 10.6 Å². The molecule has 7 heteroatoms. The summed E-state index contributed by atoms with van der Waals surface area (Å²) < 4.78 is 1.71. The Bertz CT molecular complexity index is 411. The van der Waals surface area contributed by atoms with E-state index in [1.54, 1.807) is 4.68 Å². The van der Waals surface area contributed by atoms with Crippen LogP contribution in [0.25, 0.3) is 0 Å². The number of rotatable bonds is 8. The Labute approximate surface area is 119 Å². The molecule has 0 atom stereocenters. The Hall–Kier alpha value is -1.47. The first-order chi connectivity index (χ1) is 9.40. The van der Waals surface area contributed by atoms with Crippen LogP contribution in [-0.4, -0.2) is 44.7 Å². The van der Waals surface area contributed by atoms with Crippen LogP contribution in [-0.2, 0) is 17.9 Å². The van der Waals surface area contributed by atoms with Gasteiger partial charge < -0.3 is 15.7 Å². The standard InChI is InChI=1S/C13H25N5O2/c1-13(2,3)15-12(20)5-6-14-9-11-10-18(17-16-11)7-4-8-19/h10,14,19H,4-9H2,1-3H3,(H,15,20). The lowest BCUT2D eigenvalue weighted by Crippen LogP contribution is -2.41. The van der Waals surface area contributed by atoms with E-state index in [0.29, 0.717) is 32.5 Å². The van der Waals surface area contributed by atoms with Crippen molar-refractivity contribution < 1.29 is 9.90 Å². The number of carbonyl (C=O) groups is 1. The zero-order valence-electron chi connectivity index (χ0n) is 12.5. The quantitative estimate of drug-likeness (QED) is 0.587. The molecule has 0 unspecified atom stereocenters. The first-order valence-electron chi connectivity index (χ1n) is 6.92. The Morgan fingerprint density at radius 1 is 1.45 bits per heavy atom. The number of hydrogen-bond donors (Lipinski definition) is 3. The highest BCUT2D eigenvalue weighted by Gasteiger charge is 2.12. The second kappa shape index (κ2) is 7.96. The van der Waals surface area contributed by atoms with E-state index >= 15 is 0 Å². The van der Waals surface area contributed by atoms with Crippen molar-refractivity contribution in [2.24, 2.45) is 0 Å². The number of carbonyl (C=O) groups excluding carboxylic acids is 1. The molecule has 7 nitrogen and oxygen atoms in total. The Morgan fingerprint density at radius 3 is 2.85 bits per heavy atom. The summed E-state index contributed by atoms with van der Waals surface area (Å²) in [4.78, 5) is 11.6. The summed E-state index contributed by atoms with van der Waals surface area (Å²) in [6.07, 6.45) is 2.96. The fourth-order valence-corrected chi connectivity index (χ4v) is 1.66.